The standard InChI is InChI=1S/C26H22ClN3O2S/c1-29-21-13-6-5-12-20(21)23-24(25(32)28-15-17-8-3-2-4-9-17)30(22(31)16-33-26(23)29)19-11-7-10-18(27)14-19/h2-14,24H,15-16H2,1H3,(H,28,32)/t24-/m0/s1. The zero-order valence-corrected chi connectivity index (χ0v) is 19.6. The Labute approximate surface area is 201 Å². The lowest BCUT2D eigenvalue weighted by atomic mass is 10.0. The maximum Gasteiger partial charge on any atom is 0.248 e. The van der Waals surface area contributed by atoms with Gasteiger partial charge < -0.3 is 9.88 Å². The minimum absolute atomic E-state index is 0.137. The molecule has 0 bridgehead atoms. The normalized spacial score (nSPS) is 15.9. The molecule has 2 heterocycles. The maximum absolute atomic E-state index is 13.8. The molecule has 3 aromatic carbocycles. The minimum atomic E-state index is -0.823. The van der Waals surface area contributed by atoms with Crippen molar-refractivity contribution in [3.63, 3.8) is 0 Å². The SMILES string of the molecule is Cn1c2c(c3ccccc31)[C@@H](C(=O)NCc1ccccc1)N(c1cccc(Cl)c1)C(=O)CS2. The van der Waals surface area contributed by atoms with E-state index in [1.807, 2.05) is 67.7 Å². The van der Waals surface area contributed by atoms with Crippen molar-refractivity contribution in [1.82, 2.24) is 9.88 Å². The first-order chi connectivity index (χ1) is 16.0. The number of nitrogens with zero attached hydrogens (tertiary/aromatic N) is 2. The second-order valence-electron chi connectivity index (χ2n) is 7.93. The molecule has 0 saturated heterocycles. The van der Waals surface area contributed by atoms with E-state index in [9.17, 15) is 9.59 Å². The molecule has 5 rings (SSSR count). The van der Waals surface area contributed by atoms with Gasteiger partial charge in [0.15, 0.2) is 0 Å². The molecule has 4 aromatic rings. The molecule has 7 heteroatoms. The molecule has 1 atom stereocenters. The summed E-state index contributed by atoms with van der Waals surface area (Å²) in [6.45, 7) is 0.376. The van der Waals surface area contributed by atoms with Gasteiger partial charge in [-0.25, -0.2) is 0 Å². The van der Waals surface area contributed by atoms with Crippen molar-refractivity contribution in [2.24, 2.45) is 7.05 Å². The van der Waals surface area contributed by atoms with Gasteiger partial charge >= 0.3 is 0 Å². The van der Waals surface area contributed by atoms with Crippen LogP contribution in [0.25, 0.3) is 10.9 Å². The van der Waals surface area contributed by atoms with Gasteiger partial charge in [-0.05, 0) is 29.8 Å². The summed E-state index contributed by atoms with van der Waals surface area (Å²) in [7, 11) is 1.98. The third kappa shape index (κ3) is 4.01. The summed E-state index contributed by atoms with van der Waals surface area (Å²) in [4.78, 5) is 28.8. The third-order valence-electron chi connectivity index (χ3n) is 5.87. The fraction of sp³-hybridized carbons (Fsp3) is 0.154. The largest absolute Gasteiger partial charge is 0.350 e. The number of benzene rings is 3. The number of hydrogen-bond donors (Lipinski definition) is 1. The van der Waals surface area contributed by atoms with Crippen molar-refractivity contribution in [3.8, 4) is 0 Å². The monoisotopic (exact) mass is 475 g/mol. The van der Waals surface area contributed by atoms with E-state index >= 15 is 0 Å². The number of fused-ring (bicyclic) bond motifs is 3. The molecule has 2 amide bonds. The first kappa shape index (κ1) is 21.6. The van der Waals surface area contributed by atoms with Gasteiger partial charge in [-0.2, -0.15) is 0 Å². The zero-order chi connectivity index (χ0) is 22.9. The fourth-order valence-corrected chi connectivity index (χ4v) is 5.61. The molecule has 5 nitrogen and oxygen atoms in total. The summed E-state index contributed by atoms with van der Waals surface area (Å²) in [6, 6.07) is 24.0. The lowest BCUT2D eigenvalue weighted by molar-refractivity contribution is -0.125. The second kappa shape index (κ2) is 8.96. The summed E-state index contributed by atoms with van der Waals surface area (Å²) < 4.78 is 2.07. The Morgan fingerprint density at radius 1 is 1.06 bits per heavy atom. The van der Waals surface area contributed by atoms with Crippen LogP contribution in [0.5, 0.6) is 0 Å². The Hall–Kier alpha value is -3.22. The number of carbonyl (C=O) groups excluding carboxylic acids is 2. The van der Waals surface area contributed by atoms with Gasteiger partial charge in [-0.15, -0.1) is 0 Å². The lowest BCUT2D eigenvalue weighted by Gasteiger charge is -2.30. The van der Waals surface area contributed by atoms with Crippen molar-refractivity contribution in [3.05, 3.63) is 95.0 Å². The Bertz CT molecular complexity index is 1350. The summed E-state index contributed by atoms with van der Waals surface area (Å²) in [6.07, 6.45) is 0. The van der Waals surface area contributed by atoms with Gasteiger partial charge in [0, 0.05) is 40.8 Å². The zero-order valence-electron chi connectivity index (χ0n) is 18.0. The van der Waals surface area contributed by atoms with Gasteiger partial charge in [-0.1, -0.05) is 78.0 Å². The van der Waals surface area contributed by atoms with E-state index in [2.05, 4.69) is 9.88 Å². The third-order valence-corrected chi connectivity index (χ3v) is 7.26. The molecule has 0 spiro atoms. The number of anilines is 1. The van der Waals surface area contributed by atoms with Crippen LogP contribution in [0.3, 0.4) is 0 Å². The molecular weight excluding hydrogens is 454 g/mol. The predicted molar refractivity (Wildman–Crippen MR) is 134 cm³/mol. The number of para-hydroxylation sites is 1. The van der Waals surface area contributed by atoms with E-state index in [0.717, 1.165) is 27.1 Å². The Balaban J connectivity index is 1.66. The van der Waals surface area contributed by atoms with Crippen LogP contribution in [0, 0.1) is 0 Å². The Kier molecular flexibility index (Phi) is 5.87. The van der Waals surface area contributed by atoms with Gasteiger partial charge in [0.1, 0.15) is 6.04 Å². The van der Waals surface area contributed by atoms with E-state index in [-0.39, 0.29) is 17.6 Å². The first-order valence-electron chi connectivity index (χ1n) is 10.6. The van der Waals surface area contributed by atoms with Crippen LogP contribution < -0.4 is 10.2 Å². The van der Waals surface area contributed by atoms with Crippen LogP contribution in [0.4, 0.5) is 5.69 Å². The number of carbonyl (C=O) groups is 2. The van der Waals surface area contributed by atoms with Crippen LogP contribution in [-0.2, 0) is 23.2 Å². The van der Waals surface area contributed by atoms with E-state index in [1.54, 1.807) is 23.1 Å². The smallest absolute Gasteiger partial charge is 0.248 e. The molecule has 166 valence electrons. The van der Waals surface area contributed by atoms with Crippen molar-refractivity contribution in [1.29, 1.82) is 0 Å². The number of aryl methyl sites for hydroxylation is 1. The maximum atomic E-state index is 13.8. The molecule has 1 aromatic heterocycles. The Morgan fingerprint density at radius 3 is 2.61 bits per heavy atom. The minimum Gasteiger partial charge on any atom is -0.350 e. The second-order valence-corrected chi connectivity index (χ2v) is 9.33. The Morgan fingerprint density at radius 2 is 1.82 bits per heavy atom. The highest BCUT2D eigenvalue weighted by Gasteiger charge is 2.39. The molecular formula is C26H22ClN3O2S. The average Bonchev–Trinajstić information content (AvgIpc) is 3.00. The number of nitrogens with one attached hydrogen (secondary N) is 1. The highest BCUT2D eigenvalue weighted by Crippen LogP contribution is 2.43. The fourth-order valence-electron chi connectivity index (χ4n) is 4.36. The molecule has 1 aliphatic heterocycles. The highest BCUT2D eigenvalue weighted by atomic mass is 35.5. The molecule has 1 aliphatic rings. The van der Waals surface area contributed by atoms with Crippen molar-refractivity contribution in [2.45, 2.75) is 17.6 Å². The summed E-state index contributed by atoms with van der Waals surface area (Å²) in [5.41, 5.74) is 3.46. The van der Waals surface area contributed by atoms with E-state index in [4.69, 9.17) is 11.6 Å². The topological polar surface area (TPSA) is 54.3 Å². The van der Waals surface area contributed by atoms with Gasteiger partial charge in [0.25, 0.3) is 0 Å². The predicted octanol–water partition coefficient (Wildman–Crippen LogP) is 5.33. The number of halogens is 1. The van der Waals surface area contributed by atoms with Crippen LogP contribution in [-0.4, -0.2) is 22.1 Å². The molecule has 0 fully saturated rings. The molecule has 0 aliphatic carbocycles. The molecule has 33 heavy (non-hydrogen) atoms. The first-order valence-corrected chi connectivity index (χ1v) is 12.0. The van der Waals surface area contributed by atoms with Crippen molar-refractivity contribution < 1.29 is 9.59 Å². The number of hydrogen-bond acceptors (Lipinski definition) is 3. The van der Waals surface area contributed by atoms with Gasteiger partial charge in [-0.3, -0.25) is 14.5 Å². The molecule has 1 N–H and O–H groups in total. The van der Waals surface area contributed by atoms with Gasteiger partial charge in [0.2, 0.25) is 11.8 Å². The van der Waals surface area contributed by atoms with E-state index < -0.39 is 6.04 Å². The van der Waals surface area contributed by atoms with Crippen LogP contribution in [0.1, 0.15) is 17.2 Å². The van der Waals surface area contributed by atoms with Crippen LogP contribution in [0.15, 0.2) is 83.9 Å². The quantitative estimate of drug-likeness (QED) is 0.434. The number of thioether (sulfide) groups is 1. The molecule has 0 unspecified atom stereocenters. The number of amides is 2. The summed E-state index contributed by atoms with van der Waals surface area (Å²) in [5, 5.41) is 5.46. The molecule has 0 saturated carbocycles. The molecule has 0 radical (unpaired) electrons. The van der Waals surface area contributed by atoms with Crippen LogP contribution >= 0.6 is 23.4 Å². The van der Waals surface area contributed by atoms with Crippen LogP contribution in [0.2, 0.25) is 5.02 Å². The number of rotatable bonds is 4. The lowest BCUT2D eigenvalue weighted by Crippen LogP contribution is -2.43. The summed E-state index contributed by atoms with van der Waals surface area (Å²) >= 11 is 7.74. The van der Waals surface area contributed by atoms with E-state index in [1.165, 1.54) is 11.8 Å². The van der Waals surface area contributed by atoms with Crippen molar-refractivity contribution in [2.75, 3.05) is 10.7 Å². The highest BCUT2D eigenvalue weighted by molar-refractivity contribution is 8.00. The number of aromatic nitrogens is 1. The average molecular weight is 476 g/mol. The van der Waals surface area contributed by atoms with E-state index in [0.29, 0.717) is 17.3 Å². The summed E-state index contributed by atoms with van der Waals surface area (Å²) in [5.74, 6) is -0.138. The van der Waals surface area contributed by atoms with Crippen molar-refractivity contribution >= 4 is 51.8 Å². The van der Waals surface area contributed by atoms with Gasteiger partial charge in [0.05, 0.1) is 10.8 Å².